The van der Waals surface area contributed by atoms with Crippen LogP contribution >= 0.6 is 0 Å². The molecular formula is C15H23N3O2. The SMILES string of the molecule is Cc1oncc1C(=O)NC1CCNC2(CCCCC2)C1. The van der Waals surface area contributed by atoms with Crippen LogP contribution in [-0.2, 0) is 0 Å². The maximum absolute atomic E-state index is 12.2. The topological polar surface area (TPSA) is 67.2 Å². The van der Waals surface area contributed by atoms with Gasteiger partial charge in [0.15, 0.2) is 0 Å². The Bertz CT molecular complexity index is 472. The van der Waals surface area contributed by atoms with E-state index in [-0.39, 0.29) is 17.5 Å². The second kappa shape index (κ2) is 5.56. The highest BCUT2D eigenvalue weighted by atomic mass is 16.5. The lowest BCUT2D eigenvalue weighted by molar-refractivity contribution is 0.0891. The highest BCUT2D eigenvalue weighted by molar-refractivity contribution is 5.94. The van der Waals surface area contributed by atoms with Crippen molar-refractivity contribution in [2.75, 3.05) is 6.54 Å². The van der Waals surface area contributed by atoms with Gasteiger partial charge in [-0.2, -0.15) is 0 Å². The molecule has 1 saturated carbocycles. The van der Waals surface area contributed by atoms with Gasteiger partial charge < -0.3 is 15.2 Å². The molecule has 1 aliphatic carbocycles. The van der Waals surface area contributed by atoms with Gasteiger partial charge in [-0.25, -0.2) is 0 Å². The zero-order valence-electron chi connectivity index (χ0n) is 12.1. The summed E-state index contributed by atoms with van der Waals surface area (Å²) in [5.74, 6) is 0.533. The summed E-state index contributed by atoms with van der Waals surface area (Å²) in [7, 11) is 0. The lowest BCUT2D eigenvalue weighted by Crippen LogP contribution is -2.57. The molecule has 1 atom stereocenters. The Hall–Kier alpha value is -1.36. The number of nitrogens with zero attached hydrogens (tertiary/aromatic N) is 1. The summed E-state index contributed by atoms with van der Waals surface area (Å²) in [5, 5.41) is 10.5. The van der Waals surface area contributed by atoms with Crippen molar-refractivity contribution in [3.8, 4) is 0 Å². The number of aromatic nitrogens is 1. The summed E-state index contributed by atoms with van der Waals surface area (Å²) in [5.41, 5.74) is 0.819. The number of piperidine rings is 1. The minimum Gasteiger partial charge on any atom is -0.361 e. The summed E-state index contributed by atoms with van der Waals surface area (Å²) >= 11 is 0. The van der Waals surface area contributed by atoms with Crippen LogP contribution in [0.25, 0.3) is 0 Å². The highest BCUT2D eigenvalue weighted by Gasteiger charge is 2.37. The van der Waals surface area contributed by atoms with E-state index in [1.165, 1.54) is 38.3 Å². The van der Waals surface area contributed by atoms with E-state index in [9.17, 15) is 4.79 Å². The summed E-state index contributed by atoms with van der Waals surface area (Å²) in [6, 6.07) is 0.260. The van der Waals surface area contributed by atoms with Crippen LogP contribution in [-0.4, -0.2) is 29.2 Å². The molecule has 5 heteroatoms. The molecule has 1 aliphatic heterocycles. The molecule has 0 bridgehead atoms. The first kappa shape index (κ1) is 13.6. The zero-order valence-corrected chi connectivity index (χ0v) is 12.1. The quantitative estimate of drug-likeness (QED) is 0.869. The Kier molecular flexibility index (Phi) is 3.78. The second-order valence-electron chi connectivity index (χ2n) is 6.23. The average molecular weight is 277 g/mol. The number of aryl methyl sites for hydroxylation is 1. The van der Waals surface area contributed by atoms with Gasteiger partial charge in [-0.1, -0.05) is 24.4 Å². The van der Waals surface area contributed by atoms with Crippen molar-refractivity contribution < 1.29 is 9.32 Å². The van der Waals surface area contributed by atoms with Gasteiger partial charge in [0.2, 0.25) is 0 Å². The number of carbonyl (C=O) groups is 1. The normalized spacial score (nSPS) is 25.6. The van der Waals surface area contributed by atoms with Gasteiger partial charge in [0.05, 0.1) is 6.20 Å². The number of nitrogens with one attached hydrogen (secondary N) is 2. The lowest BCUT2D eigenvalue weighted by Gasteiger charge is -2.44. The predicted molar refractivity (Wildman–Crippen MR) is 75.5 cm³/mol. The Morgan fingerprint density at radius 1 is 1.45 bits per heavy atom. The Morgan fingerprint density at radius 3 is 2.95 bits per heavy atom. The molecule has 3 rings (SSSR count). The molecule has 20 heavy (non-hydrogen) atoms. The van der Waals surface area contributed by atoms with Crippen LogP contribution in [0, 0.1) is 6.92 Å². The van der Waals surface area contributed by atoms with Crippen molar-refractivity contribution >= 4 is 5.91 Å². The van der Waals surface area contributed by atoms with E-state index >= 15 is 0 Å². The summed E-state index contributed by atoms with van der Waals surface area (Å²) < 4.78 is 4.96. The number of carbonyl (C=O) groups excluding carboxylic acids is 1. The molecule has 1 aromatic heterocycles. The molecule has 110 valence electrons. The molecule has 1 aromatic rings. The van der Waals surface area contributed by atoms with E-state index in [0.29, 0.717) is 11.3 Å². The van der Waals surface area contributed by atoms with Crippen LogP contribution in [0.1, 0.15) is 61.1 Å². The van der Waals surface area contributed by atoms with E-state index < -0.39 is 0 Å². The lowest BCUT2D eigenvalue weighted by atomic mass is 9.75. The smallest absolute Gasteiger partial charge is 0.256 e. The van der Waals surface area contributed by atoms with Gasteiger partial charge in [-0.3, -0.25) is 4.79 Å². The van der Waals surface area contributed by atoms with Crippen LogP contribution in [0.15, 0.2) is 10.7 Å². The van der Waals surface area contributed by atoms with E-state index in [0.717, 1.165) is 19.4 Å². The highest BCUT2D eigenvalue weighted by Crippen LogP contribution is 2.34. The Morgan fingerprint density at radius 2 is 2.25 bits per heavy atom. The molecule has 0 radical (unpaired) electrons. The fraction of sp³-hybridized carbons (Fsp3) is 0.733. The molecule has 0 aromatic carbocycles. The van der Waals surface area contributed by atoms with Crippen LogP contribution in [0.4, 0.5) is 0 Å². The third-order valence-electron chi connectivity index (χ3n) is 4.77. The molecule has 5 nitrogen and oxygen atoms in total. The molecule has 2 N–H and O–H groups in total. The number of hydrogen-bond acceptors (Lipinski definition) is 4. The first-order chi connectivity index (χ1) is 9.69. The van der Waals surface area contributed by atoms with Gasteiger partial charge in [-0.15, -0.1) is 0 Å². The summed E-state index contributed by atoms with van der Waals surface area (Å²) in [6.45, 7) is 2.76. The van der Waals surface area contributed by atoms with E-state index in [4.69, 9.17) is 4.52 Å². The van der Waals surface area contributed by atoms with Gasteiger partial charge in [0.1, 0.15) is 11.3 Å². The van der Waals surface area contributed by atoms with E-state index in [2.05, 4.69) is 15.8 Å². The second-order valence-corrected chi connectivity index (χ2v) is 6.23. The van der Waals surface area contributed by atoms with Crippen molar-refractivity contribution in [3.63, 3.8) is 0 Å². The largest absolute Gasteiger partial charge is 0.361 e. The summed E-state index contributed by atoms with van der Waals surface area (Å²) in [6.07, 6.45) is 9.98. The summed E-state index contributed by atoms with van der Waals surface area (Å²) in [4.78, 5) is 12.2. The van der Waals surface area contributed by atoms with Crippen LogP contribution in [0.2, 0.25) is 0 Å². The third kappa shape index (κ3) is 2.73. The maximum Gasteiger partial charge on any atom is 0.256 e. The van der Waals surface area contributed by atoms with Gasteiger partial charge >= 0.3 is 0 Å². The molecule has 1 amide bonds. The number of rotatable bonds is 2. The Labute approximate surface area is 119 Å². The molecule has 2 heterocycles. The fourth-order valence-electron chi connectivity index (χ4n) is 3.67. The Balaban J connectivity index is 1.63. The van der Waals surface area contributed by atoms with Crippen molar-refractivity contribution in [1.82, 2.24) is 15.8 Å². The van der Waals surface area contributed by atoms with Crippen molar-refractivity contribution in [2.45, 2.75) is 63.5 Å². The molecule has 2 fully saturated rings. The molecule has 1 unspecified atom stereocenters. The average Bonchev–Trinajstić information content (AvgIpc) is 2.86. The minimum atomic E-state index is -0.0541. The van der Waals surface area contributed by atoms with Crippen molar-refractivity contribution in [1.29, 1.82) is 0 Å². The predicted octanol–water partition coefficient (Wildman–Crippen LogP) is 2.17. The molecular weight excluding hydrogens is 254 g/mol. The molecule has 1 spiro atoms. The van der Waals surface area contributed by atoms with E-state index in [1.807, 2.05) is 0 Å². The van der Waals surface area contributed by atoms with Crippen molar-refractivity contribution in [3.05, 3.63) is 17.5 Å². The number of hydrogen-bond donors (Lipinski definition) is 2. The monoisotopic (exact) mass is 277 g/mol. The van der Waals surface area contributed by atoms with Crippen LogP contribution < -0.4 is 10.6 Å². The maximum atomic E-state index is 12.2. The molecule has 2 aliphatic rings. The first-order valence-corrected chi connectivity index (χ1v) is 7.66. The third-order valence-corrected chi connectivity index (χ3v) is 4.77. The van der Waals surface area contributed by atoms with Gasteiger partial charge in [0, 0.05) is 11.6 Å². The van der Waals surface area contributed by atoms with Gasteiger partial charge in [-0.05, 0) is 39.2 Å². The van der Waals surface area contributed by atoms with Crippen molar-refractivity contribution in [2.24, 2.45) is 0 Å². The first-order valence-electron chi connectivity index (χ1n) is 7.66. The number of amides is 1. The fourth-order valence-corrected chi connectivity index (χ4v) is 3.67. The standard InChI is InChI=1S/C15H23N3O2/c1-11-13(10-17-20-11)14(19)18-12-5-8-16-15(9-12)6-3-2-4-7-15/h10,12,16H,2-9H2,1H3,(H,18,19). The zero-order chi connectivity index (χ0) is 14.0. The van der Waals surface area contributed by atoms with E-state index in [1.54, 1.807) is 6.92 Å². The van der Waals surface area contributed by atoms with Crippen LogP contribution in [0.3, 0.4) is 0 Å². The molecule has 1 saturated heterocycles. The van der Waals surface area contributed by atoms with Crippen LogP contribution in [0.5, 0.6) is 0 Å². The minimum absolute atomic E-state index is 0.0541. The van der Waals surface area contributed by atoms with Gasteiger partial charge in [0.25, 0.3) is 5.91 Å².